The van der Waals surface area contributed by atoms with Crippen LogP contribution in [0.1, 0.15) is 15.2 Å². The molecule has 1 aliphatic rings. The van der Waals surface area contributed by atoms with Gasteiger partial charge in [-0.1, -0.05) is 6.07 Å². The van der Waals surface area contributed by atoms with Gasteiger partial charge in [-0.05, 0) is 58.7 Å². The molecule has 0 radical (unpaired) electrons. The molecule has 1 saturated heterocycles. The van der Waals surface area contributed by atoms with Crippen LogP contribution in [-0.2, 0) is 6.42 Å². The molecule has 0 spiro atoms. The fourth-order valence-corrected chi connectivity index (χ4v) is 4.14. The van der Waals surface area contributed by atoms with Gasteiger partial charge in [-0.3, -0.25) is 9.69 Å². The fourth-order valence-electron chi connectivity index (χ4n) is 2.73. The number of halogens is 2. The minimum absolute atomic E-state index is 0.00677. The van der Waals surface area contributed by atoms with E-state index in [4.69, 9.17) is 0 Å². The second-order valence-corrected chi connectivity index (χ2v) is 7.78. The van der Waals surface area contributed by atoms with Crippen LogP contribution in [0.5, 0.6) is 0 Å². The van der Waals surface area contributed by atoms with E-state index in [0.717, 1.165) is 39.1 Å². The maximum Gasteiger partial charge on any atom is 0.255 e. The van der Waals surface area contributed by atoms with Gasteiger partial charge in [0.1, 0.15) is 5.82 Å². The third kappa shape index (κ3) is 4.30. The second-order valence-electron chi connectivity index (χ2n) is 5.59. The van der Waals surface area contributed by atoms with E-state index in [1.807, 2.05) is 27.5 Å². The molecular formula is C17H18FIN2OS. The summed E-state index contributed by atoms with van der Waals surface area (Å²) in [6.07, 6.45) is 1.07. The van der Waals surface area contributed by atoms with Gasteiger partial charge in [-0.2, -0.15) is 0 Å². The van der Waals surface area contributed by atoms with E-state index >= 15 is 0 Å². The van der Waals surface area contributed by atoms with E-state index in [0.29, 0.717) is 9.13 Å². The Morgan fingerprint density at radius 3 is 2.65 bits per heavy atom. The van der Waals surface area contributed by atoms with Crippen LogP contribution < -0.4 is 0 Å². The molecule has 23 heavy (non-hydrogen) atoms. The molecule has 2 aromatic rings. The molecule has 2 heterocycles. The smallest absolute Gasteiger partial charge is 0.255 e. The predicted molar refractivity (Wildman–Crippen MR) is 99.5 cm³/mol. The van der Waals surface area contributed by atoms with Crippen molar-refractivity contribution in [2.45, 2.75) is 6.42 Å². The molecule has 122 valence electrons. The van der Waals surface area contributed by atoms with Crippen LogP contribution in [0, 0.1) is 9.39 Å². The first-order valence-corrected chi connectivity index (χ1v) is 9.58. The molecule has 1 amide bonds. The molecule has 3 nitrogen and oxygen atoms in total. The summed E-state index contributed by atoms with van der Waals surface area (Å²) in [5, 5.41) is 2.11. The van der Waals surface area contributed by atoms with Gasteiger partial charge in [0, 0.05) is 41.2 Å². The standard InChI is InChI=1S/C17H18FIN2OS/c18-13-3-4-15(16(19)12-13)17(22)21-9-7-20(8-10-21)6-5-14-2-1-11-23-14/h1-4,11-12H,5-10H2. The molecule has 0 saturated carbocycles. The van der Waals surface area contributed by atoms with Crippen molar-refractivity contribution in [3.8, 4) is 0 Å². The van der Waals surface area contributed by atoms with Crippen molar-refractivity contribution in [3.05, 3.63) is 55.5 Å². The number of hydrogen-bond acceptors (Lipinski definition) is 3. The fraction of sp³-hybridized carbons (Fsp3) is 0.353. The number of carbonyl (C=O) groups is 1. The first-order chi connectivity index (χ1) is 11.1. The van der Waals surface area contributed by atoms with Gasteiger partial charge in [-0.15, -0.1) is 11.3 Å². The van der Waals surface area contributed by atoms with Crippen molar-refractivity contribution in [1.82, 2.24) is 9.80 Å². The summed E-state index contributed by atoms with van der Waals surface area (Å²) in [5.74, 6) is -0.295. The Hall–Kier alpha value is -0.990. The summed E-state index contributed by atoms with van der Waals surface area (Å²) >= 11 is 3.82. The van der Waals surface area contributed by atoms with Crippen LogP contribution in [0.25, 0.3) is 0 Å². The molecule has 0 N–H and O–H groups in total. The third-order valence-electron chi connectivity index (χ3n) is 4.08. The molecule has 0 aliphatic carbocycles. The molecule has 1 fully saturated rings. The van der Waals surface area contributed by atoms with Gasteiger partial charge in [0.2, 0.25) is 0 Å². The number of piperazine rings is 1. The number of rotatable bonds is 4. The van der Waals surface area contributed by atoms with Gasteiger partial charge in [-0.25, -0.2) is 4.39 Å². The number of carbonyl (C=O) groups excluding carboxylic acids is 1. The van der Waals surface area contributed by atoms with Crippen LogP contribution in [0.2, 0.25) is 0 Å². The summed E-state index contributed by atoms with van der Waals surface area (Å²) in [5.41, 5.74) is 0.596. The molecule has 3 rings (SSSR count). The van der Waals surface area contributed by atoms with Crippen molar-refractivity contribution in [2.75, 3.05) is 32.7 Å². The van der Waals surface area contributed by atoms with Crippen LogP contribution in [-0.4, -0.2) is 48.4 Å². The molecule has 1 aromatic carbocycles. The predicted octanol–water partition coefficient (Wildman–Crippen LogP) is 3.49. The average Bonchev–Trinajstić information content (AvgIpc) is 3.06. The second kappa shape index (κ2) is 7.72. The Morgan fingerprint density at radius 2 is 2.00 bits per heavy atom. The number of nitrogens with zero attached hydrogens (tertiary/aromatic N) is 2. The Morgan fingerprint density at radius 1 is 1.22 bits per heavy atom. The highest BCUT2D eigenvalue weighted by Crippen LogP contribution is 2.17. The first-order valence-electron chi connectivity index (χ1n) is 7.62. The Labute approximate surface area is 153 Å². The molecular weight excluding hydrogens is 426 g/mol. The summed E-state index contributed by atoms with van der Waals surface area (Å²) in [6.45, 7) is 4.30. The molecule has 0 bridgehead atoms. The van der Waals surface area contributed by atoms with Gasteiger partial charge < -0.3 is 4.90 Å². The number of amides is 1. The lowest BCUT2D eigenvalue weighted by atomic mass is 10.1. The van der Waals surface area contributed by atoms with Crippen molar-refractivity contribution in [2.24, 2.45) is 0 Å². The molecule has 6 heteroatoms. The van der Waals surface area contributed by atoms with Gasteiger partial charge in [0.15, 0.2) is 0 Å². The summed E-state index contributed by atoms with van der Waals surface area (Å²) in [7, 11) is 0. The first kappa shape index (κ1) is 16.9. The van der Waals surface area contributed by atoms with E-state index in [1.54, 1.807) is 17.4 Å². The zero-order valence-electron chi connectivity index (χ0n) is 12.7. The van der Waals surface area contributed by atoms with Crippen LogP contribution >= 0.6 is 33.9 Å². The molecule has 1 aliphatic heterocycles. The van der Waals surface area contributed by atoms with Crippen molar-refractivity contribution < 1.29 is 9.18 Å². The highest BCUT2D eigenvalue weighted by molar-refractivity contribution is 14.1. The maximum atomic E-state index is 13.2. The van der Waals surface area contributed by atoms with E-state index < -0.39 is 0 Å². The van der Waals surface area contributed by atoms with E-state index in [9.17, 15) is 9.18 Å². The zero-order valence-corrected chi connectivity index (χ0v) is 15.6. The average molecular weight is 444 g/mol. The largest absolute Gasteiger partial charge is 0.336 e. The lowest BCUT2D eigenvalue weighted by Gasteiger charge is -2.34. The van der Waals surface area contributed by atoms with Crippen molar-refractivity contribution >= 4 is 39.8 Å². The summed E-state index contributed by atoms with van der Waals surface area (Å²) in [4.78, 5) is 18.2. The summed E-state index contributed by atoms with van der Waals surface area (Å²) in [6, 6.07) is 8.60. The lowest BCUT2D eigenvalue weighted by Crippen LogP contribution is -2.49. The Bertz CT molecular complexity index is 669. The molecule has 0 unspecified atom stereocenters. The minimum Gasteiger partial charge on any atom is -0.336 e. The topological polar surface area (TPSA) is 23.6 Å². The summed E-state index contributed by atoms with van der Waals surface area (Å²) < 4.78 is 13.8. The Balaban J connectivity index is 1.53. The monoisotopic (exact) mass is 444 g/mol. The highest BCUT2D eigenvalue weighted by Gasteiger charge is 2.23. The Kier molecular flexibility index (Phi) is 5.66. The number of benzene rings is 1. The highest BCUT2D eigenvalue weighted by atomic mass is 127. The van der Waals surface area contributed by atoms with E-state index in [-0.39, 0.29) is 11.7 Å². The number of hydrogen-bond donors (Lipinski definition) is 0. The normalized spacial score (nSPS) is 15.8. The SMILES string of the molecule is O=C(c1ccc(F)cc1I)N1CCN(CCc2cccs2)CC1. The van der Waals surface area contributed by atoms with E-state index in [2.05, 4.69) is 22.4 Å². The van der Waals surface area contributed by atoms with Crippen LogP contribution in [0.15, 0.2) is 35.7 Å². The third-order valence-corrected chi connectivity index (χ3v) is 5.90. The minimum atomic E-state index is -0.302. The van der Waals surface area contributed by atoms with Crippen LogP contribution in [0.4, 0.5) is 4.39 Å². The number of thiophene rings is 1. The zero-order chi connectivity index (χ0) is 16.2. The van der Waals surface area contributed by atoms with Crippen LogP contribution in [0.3, 0.4) is 0 Å². The van der Waals surface area contributed by atoms with Gasteiger partial charge >= 0.3 is 0 Å². The lowest BCUT2D eigenvalue weighted by molar-refractivity contribution is 0.0637. The van der Waals surface area contributed by atoms with Crippen molar-refractivity contribution in [1.29, 1.82) is 0 Å². The molecule has 0 atom stereocenters. The maximum absolute atomic E-state index is 13.2. The molecule has 1 aromatic heterocycles. The van der Waals surface area contributed by atoms with Gasteiger partial charge in [0.05, 0.1) is 5.56 Å². The van der Waals surface area contributed by atoms with E-state index in [1.165, 1.54) is 17.0 Å². The van der Waals surface area contributed by atoms with Crippen molar-refractivity contribution in [3.63, 3.8) is 0 Å². The quantitative estimate of drug-likeness (QED) is 0.675. The van der Waals surface area contributed by atoms with Gasteiger partial charge in [0.25, 0.3) is 5.91 Å².